The van der Waals surface area contributed by atoms with Crippen molar-refractivity contribution in [3.8, 4) is 33.4 Å². The van der Waals surface area contributed by atoms with Crippen LogP contribution in [0.15, 0.2) is 255 Å². The summed E-state index contributed by atoms with van der Waals surface area (Å²) in [6, 6.07) is 94.6. The predicted molar refractivity (Wildman–Crippen MR) is 288 cm³/mol. The van der Waals surface area contributed by atoms with Crippen molar-refractivity contribution in [3.63, 3.8) is 0 Å². The third kappa shape index (κ3) is 5.63. The van der Waals surface area contributed by atoms with E-state index in [2.05, 4.69) is 265 Å². The minimum absolute atomic E-state index is 0.597. The third-order valence-electron chi connectivity index (χ3n) is 14.5. The van der Waals surface area contributed by atoms with Gasteiger partial charge >= 0.3 is 0 Å². The van der Waals surface area contributed by atoms with Gasteiger partial charge in [-0.2, -0.15) is 0 Å². The van der Waals surface area contributed by atoms with Crippen molar-refractivity contribution in [2.24, 2.45) is 0 Å². The normalized spacial score (nSPS) is 13.1. The van der Waals surface area contributed by atoms with E-state index in [1.54, 1.807) is 0 Å². The molecular formula is C65H42N2S. The molecule has 1 aliphatic carbocycles. The van der Waals surface area contributed by atoms with Crippen molar-refractivity contribution >= 4 is 76.4 Å². The second-order valence-electron chi connectivity index (χ2n) is 17.9. The molecule has 0 N–H and O–H groups in total. The molecule has 0 saturated carbocycles. The molecule has 0 unspecified atom stereocenters. The molecule has 0 bridgehead atoms. The molecule has 0 saturated heterocycles. The van der Waals surface area contributed by atoms with Crippen LogP contribution in [0.4, 0.5) is 34.1 Å². The molecule has 2 heterocycles. The first kappa shape index (κ1) is 38.7. The highest BCUT2D eigenvalue weighted by molar-refractivity contribution is 7.25. The van der Waals surface area contributed by atoms with Crippen LogP contribution >= 0.6 is 11.3 Å². The number of hydrogen-bond donors (Lipinski definition) is 0. The standard InChI is InChI=1S/C65H42N2S/c1-2-21-44(22-3-1)67-61-34-15-12-31-57(61)65(58-32-13-16-35-62(58)67)56-30-11-8-26-51(56)52-39-37-46(42-59(52)65)66(45-38-40-64-55(41-45)54-28-10-17-36-63(54)68-64)60-33-14-9-27-53(60)50-25-7-6-24-49(50)48-29-18-20-43-19-4-5-23-47(43)48/h1-42H. The van der Waals surface area contributed by atoms with E-state index >= 15 is 0 Å². The zero-order valence-electron chi connectivity index (χ0n) is 37.1. The Labute approximate surface area is 399 Å². The number of fused-ring (bicyclic) bond motifs is 13. The average Bonchev–Trinajstić information content (AvgIpc) is 3.92. The minimum atomic E-state index is -0.597. The van der Waals surface area contributed by atoms with Gasteiger partial charge in [-0.05, 0) is 128 Å². The fourth-order valence-electron chi connectivity index (χ4n) is 11.7. The van der Waals surface area contributed by atoms with Gasteiger partial charge in [-0.15, -0.1) is 11.3 Å². The van der Waals surface area contributed by atoms with Crippen molar-refractivity contribution in [1.29, 1.82) is 0 Å². The van der Waals surface area contributed by atoms with Crippen LogP contribution in [0, 0.1) is 0 Å². The Bertz CT molecular complexity index is 3900. The van der Waals surface area contributed by atoms with E-state index < -0.39 is 5.41 Å². The molecular weight excluding hydrogens is 841 g/mol. The van der Waals surface area contributed by atoms with Crippen LogP contribution in [0.3, 0.4) is 0 Å². The highest BCUT2D eigenvalue weighted by atomic mass is 32.1. The van der Waals surface area contributed by atoms with Crippen LogP contribution in [0.1, 0.15) is 22.3 Å². The van der Waals surface area contributed by atoms with Crippen LogP contribution in [-0.4, -0.2) is 0 Å². The first-order chi connectivity index (χ1) is 33.8. The summed E-state index contributed by atoms with van der Waals surface area (Å²) < 4.78 is 2.58. The number of nitrogens with zero attached hydrogens (tertiary/aromatic N) is 2. The zero-order chi connectivity index (χ0) is 44.8. The zero-order valence-corrected chi connectivity index (χ0v) is 37.9. The van der Waals surface area contributed by atoms with E-state index in [1.165, 1.54) is 92.4 Å². The fourth-order valence-corrected chi connectivity index (χ4v) is 12.8. The number of para-hydroxylation sites is 4. The highest BCUT2D eigenvalue weighted by Crippen LogP contribution is 2.64. The minimum Gasteiger partial charge on any atom is -0.310 e. The van der Waals surface area contributed by atoms with Crippen molar-refractivity contribution in [2.45, 2.75) is 5.41 Å². The Hall–Kier alpha value is -8.50. The van der Waals surface area contributed by atoms with E-state index in [-0.39, 0.29) is 0 Å². The molecule has 0 amide bonds. The molecule has 14 rings (SSSR count). The van der Waals surface area contributed by atoms with Gasteiger partial charge < -0.3 is 9.80 Å². The summed E-state index contributed by atoms with van der Waals surface area (Å²) in [5, 5.41) is 5.03. The molecule has 68 heavy (non-hydrogen) atoms. The molecule has 318 valence electrons. The van der Waals surface area contributed by atoms with Crippen LogP contribution in [0.5, 0.6) is 0 Å². The second-order valence-corrected chi connectivity index (χ2v) is 19.0. The van der Waals surface area contributed by atoms with Crippen LogP contribution in [0.2, 0.25) is 0 Å². The van der Waals surface area contributed by atoms with Crippen LogP contribution < -0.4 is 9.80 Å². The predicted octanol–water partition coefficient (Wildman–Crippen LogP) is 18.2. The lowest BCUT2D eigenvalue weighted by Crippen LogP contribution is -2.36. The molecule has 12 aromatic rings. The summed E-state index contributed by atoms with van der Waals surface area (Å²) in [6.45, 7) is 0. The third-order valence-corrected chi connectivity index (χ3v) is 15.6. The van der Waals surface area contributed by atoms with Gasteiger partial charge in [0.1, 0.15) is 0 Å². The highest BCUT2D eigenvalue weighted by Gasteiger charge is 2.52. The maximum atomic E-state index is 2.52. The van der Waals surface area contributed by atoms with Crippen molar-refractivity contribution in [2.75, 3.05) is 9.80 Å². The monoisotopic (exact) mass is 882 g/mol. The van der Waals surface area contributed by atoms with Crippen molar-refractivity contribution in [1.82, 2.24) is 0 Å². The number of thiophene rings is 1. The Morgan fingerprint density at radius 3 is 1.65 bits per heavy atom. The Morgan fingerprint density at radius 2 is 0.853 bits per heavy atom. The van der Waals surface area contributed by atoms with E-state index in [0.29, 0.717) is 0 Å². The Morgan fingerprint density at radius 1 is 0.324 bits per heavy atom. The SMILES string of the molecule is c1ccc(N2c3ccccc3C3(c4ccccc4-c4ccc(N(c5ccc6sc7ccccc7c6c5)c5ccccc5-c5ccccc5-c5cccc6ccccc56)cc43)c3ccccc32)cc1. The van der Waals surface area contributed by atoms with E-state index in [0.717, 1.165) is 28.3 Å². The molecule has 0 radical (unpaired) electrons. The fraction of sp³-hybridized carbons (Fsp3) is 0.0154. The largest absolute Gasteiger partial charge is 0.310 e. The summed E-state index contributed by atoms with van der Waals surface area (Å²) in [7, 11) is 0. The lowest BCUT2D eigenvalue weighted by molar-refractivity contribution is 0.752. The average molecular weight is 883 g/mol. The van der Waals surface area contributed by atoms with Crippen molar-refractivity contribution in [3.05, 3.63) is 277 Å². The Kier molecular flexibility index (Phi) is 8.71. The molecule has 2 nitrogen and oxygen atoms in total. The molecule has 2 aliphatic rings. The number of anilines is 6. The van der Waals surface area contributed by atoms with E-state index in [9.17, 15) is 0 Å². The number of hydrogen-bond acceptors (Lipinski definition) is 3. The van der Waals surface area contributed by atoms with Crippen LogP contribution in [0.25, 0.3) is 64.3 Å². The maximum absolute atomic E-state index is 2.52. The smallest absolute Gasteiger partial charge is 0.0755 e. The van der Waals surface area contributed by atoms with Gasteiger partial charge in [0, 0.05) is 42.8 Å². The Balaban J connectivity index is 1.05. The first-order valence-corrected chi connectivity index (χ1v) is 24.2. The quantitative estimate of drug-likeness (QED) is 0.164. The first-order valence-electron chi connectivity index (χ1n) is 23.4. The molecule has 0 atom stereocenters. The molecule has 1 aliphatic heterocycles. The number of benzene rings is 11. The summed E-state index contributed by atoms with van der Waals surface area (Å²) >= 11 is 1.86. The van der Waals surface area contributed by atoms with Gasteiger partial charge in [-0.25, -0.2) is 0 Å². The second kappa shape index (κ2) is 15.3. The van der Waals surface area contributed by atoms with Gasteiger partial charge in [0.2, 0.25) is 0 Å². The molecule has 3 heteroatoms. The maximum Gasteiger partial charge on any atom is 0.0755 e. The van der Waals surface area contributed by atoms with E-state index in [1.807, 2.05) is 11.3 Å². The van der Waals surface area contributed by atoms with Crippen LogP contribution in [-0.2, 0) is 5.41 Å². The topological polar surface area (TPSA) is 6.48 Å². The summed E-state index contributed by atoms with van der Waals surface area (Å²) in [4.78, 5) is 4.98. The lowest BCUT2D eigenvalue weighted by Gasteiger charge is -2.45. The van der Waals surface area contributed by atoms with E-state index in [4.69, 9.17) is 0 Å². The molecule has 1 spiro atoms. The summed E-state index contributed by atoms with van der Waals surface area (Å²) in [6.07, 6.45) is 0. The van der Waals surface area contributed by atoms with Gasteiger partial charge in [0.05, 0.1) is 22.5 Å². The summed E-state index contributed by atoms with van der Waals surface area (Å²) in [5.74, 6) is 0. The summed E-state index contributed by atoms with van der Waals surface area (Å²) in [5.41, 5.74) is 18.7. The molecule has 1 aromatic heterocycles. The van der Waals surface area contributed by atoms with Gasteiger partial charge in [-0.3, -0.25) is 0 Å². The van der Waals surface area contributed by atoms with Gasteiger partial charge in [-0.1, -0.05) is 188 Å². The van der Waals surface area contributed by atoms with Gasteiger partial charge in [0.25, 0.3) is 0 Å². The van der Waals surface area contributed by atoms with Gasteiger partial charge in [0.15, 0.2) is 0 Å². The molecule has 11 aromatic carbocycles. The number of rotatable bonds is 6. The van der Waals surface area contributed by atoms with Crippen molar-refractivity contribution < 1.29 is 0 Å². The molecule has 0 fully saturated rings. The lowest BCUT2D eigenvalue weighted by atomic mass is 9.64.